The molecule has 26 heavy (non-hydrogen) atoms. The smallest absolute Gasteiger partial charge is 0.230 e. The van der Waals surface area contributed by atoms with Crippen molar-refractivity contribution in [1.29, 1.82) is 0 Å². The molecule has 0 unspecified atom stereocenters. The summed E-state index contributed by atoms with van der Waals surface area (Å²) in [4.78, 5) is 23.6. The molecule has 0 aliphatic rings. The maximum absolute atomic E-state index is 12.0. The molecule has 2 aromatic rings. The Morgan fingerprint density at radius 3 is 2.27 bits per heavy atom. The van der Waals surface area contributed by atoms with E-state index in [4.69, 9.17) is 0 Å². The Hall–Kier alpha value is -1.58. The Bertz CT molecular complexity index is 736. The third kappa shape index (κ3) is 7.35. The van der Waals surface area contributed by atoms with Gasteiger partial charge in [-0.1, -0.05) is 66.0 Å². The second kappa shape index (κ2) is 11.2. The van der Waals surface area contributed by atoms with Crippen molar-refractivity contribution in [2.75, 3.05) is 18.1 Å². The van der Waals surface area contributed by atoms with Gasteiger partial charge in [0.05, 0.1) is 11.5 Å². The highest BCUT2D eigenvalue weighted by Gasteiger charge is 2.10. The van der Waals surface area contributed by atoms with Gasteiger partial charge in [0, 0.05) is 13.1 Å². The second-order valence-electron chi connectivity index (χ2n) is 5.46. The maximum atomic E-state index is 12.0. The average Bonchev–Trinajstić information content (AvgIpc) is 3.10. The Morgan fingerprint density at radius 2 is 1.65 bits per heavy atom. The predicted octanol–water partition coefficient (Wildman–Crippen LogP) is 2.87. The van der Waals surface area contributed by atoms with Crippen LogP contribution in [0.1, 0.15) is 24.5 Å². The van der Waals surface area contributed by atoms with Crippen molar-refractivity contribution in [1.82, 2.24) is 20.8 Å². The van der Waals surface area contributed by atoms with E-state index in [1.807, 2.05) is 38.1 Å². The van der Waals surface area contributed by atoms with Crippen molar-refractivity contribution < 1.29 is 9.59 Å². The van der Waals surface area contributed by atoms with E-state index in [1.54, 1.807) is 0 Å². The molecule has 0 bridgehead atoms. The van der Waals surface area contributed by atoms with Crippen molar-refractivity contribution in [2.24, 2.45) is 0 Å². The minimum absolute atomic E-state index is 0.00293. The molecule has 0 aliphatic carbocycles. The minimum atomic E-state index is -0.0402. The number of nitrogens with zero attached hydrogens (tertiary/aromatic N) is 2. The lowest BCUT2D eigenvalue weighted by Crippen LogP contribution is -2.25. The van der Waals surface area contributed by atoms with E-state index in [2.05, 4.69) is 20.8 Å². The van der Waals surface area contributed by atoms with Gasteiger partial charge in [0.1, 0.15) is 0 Å². The van der Waals surface area contributed by atoms with Crippen LogP contribution in [0.3, 0.4) is 0 Å². The van der Waals surface area contributed by atoms with Crippen LogP contribution >= 0.6 is 34.9 Å². The van der Waals surface area contributed by atoms with Gasteiger partial charge in [-0.05, 0) is 24.5 Å². The summed E-state index contributed by atoms with van der Waals surface area (Å²) in [5.41, 5.74) is 2.27. The molecule has 0 saturated carbocycles. The molecule has 0 radical (unpaired) electrons. The second-order valence-corrected chi connectivity index (χ2v) is 8.89. The molecule has 1 aromatic heterocycles. The summed E-state index contributed by atoms with van der Waals surface area (Å²) in [6.07, 6.45) is 0.919. The number of rotatable bonds is 10. The van der Waals surface area contributed by atoms with Crippen LogP contribution in [0, 0.1) is 6.92 Å². The van der Waals surface area contributed by atoms with Crippen molar-refractivity contribution in [3.05, 3.63) is 35.4 Å². The van der Waals surface area contributed by atoms with Crippen molar-refractivity contribution >= 4 is 46.7 Å². The van der Waals surface area contributed by atoms with E-state index in [9.17, 15) is 9.59 Å². The number of aromatic nitrogens is 2. The molecule has 0 aliphatic heterocycles. The monoisotopic (exact) mass is 410 g/mol. The normalized spacial score (nSPS) is 10.5. The lowest BCUT2D eigenvalue weighted by molar-refractivity contribution is -0.119. The molecule has 0 saturated heterocycles. The number of hydrogen-bond donors (Lipinski definition) is 2. The number of benzene rings is 1. The quantitative estimate of drug-likeness (QED) is 0.586. The zero-order valence-corrected chi connectivity index (χ0v) is 17.2. The van der Waals surface area contributed by atoms with Crippen LogP contribution in [0.2, 0.25) is 0 Å². The summed E-state index contributed by atoms with van der Waals surface area (Å²) >= 11 is 4.12. The summed E-state index contributed by atoms with van der Waals surface area (Å²) in [5.74, 6) is 0.580. The standard InChI is InChI=1S/C17H22N4O2S3/c1-3-8-18-14(22)10-24-16-20-21-17(26-16)25-11-15(23)19-9-13-7-5-4-6-12(13)2/h4-7H,3,8-11H2,1-2H3,(H,18,22)(H,19,23). The molecular weight excluding hydrogens is 388 g/mol. The summed E-state index contributed by atoms with van der Waals surface area (Å²) in [7, 11) is 0. The molecular formula is C17H22N4O2S3. The molecule has 9 heteroatoms. The lowest BCUT2D eigenvalue weighted by atomic mass is 10.1. The molecule has 0 fully saturated rings. The van der Waals surface area contributed by atoms with E-state index in [-0.39, 0.29) is 11.8 Å². The Kier molecular flexibility index (Phi) is 8.93. The Balaban J connectivity index is 1.69. The first kappa shape index (κ1) is 20.7. The van der Waals surface area contributed by atoms with Crippen LogP contribution in [0.4, 0.5) is 0 Å². The zero-order chi connectivity index (χ0) is 18.8. The molecule has 1 aromatic carbocycles. The van der Waals surface area contributed by atoms with Gasteiger partial charge in [0.2, 0.25) is 11.8 Å². The first-order valence-electron chi connectivity index (χ1n) is 8.25. The third-order valence-electron chi connectivity index (χ3n) is 3.35. The largest absolute Gasteiger partial charge is 0.355 e. The summed E-state index contributed by atoms with van der Waals surface area (Å²) in [6.45, 7) is 5.25. The van der Waals surface area contributed by atoms with Gasteiger partial charge in [-0.2, -0.15) is 0 Å². The van der Waals surface area contributed by atoms with Crippen molar-refractivity contribution in [2.45, 2.75) is 35.5 Å². The van der Waals surface area contributed by atoms with E-state index in [1.165, 1.54) is 34.9 Å². The van der Waals surface area contributed by atoms with Gasteiger partial charge in [0.25, 0.3) is 0 Å². The lowest BCUT2D eigenvalue weighted by Gasteiger charge is -2.07. The summed E-state index contributed by atoms with van der Waals surface area (Å²) in [5, 5.41) is 13.8. The average molecular weight is 411 g/mol. The van der Waals surface area contributed by atoms with Crippen LogP contribution in [0.15, 0.2) is 32.9 Å². The molecule has 0 spiro atoms. The maximum Gasteiger partial charge on any atom is 0.230 e. The van der Waals surface area contributed by atoms with Crippen LogP contribution in [-0.4, -0.2) is 40.1 Å². The number of hydrogen-bond acceptors (Lipinski definition) is 7. The molecule has 140 valence electrons. The van der Waals surface area contributed by atoms with Gasteiger partial charge in [0.15, 0.2) is 8.68 Å². The fourth-order valence-corrected chi connectivity index (χ4v) is 4.62. The zero-order valence-electron chi connectivity index (χ0n) is 14.8. The van der Waals surface area contributed by atoms with Gasteiger partial charge >= 0.3 is 0 Å². The third-order valence-corrected chi connectivity index (χ3v) is 6.54. The van der Waals surface area contributed by atoms with Crippen LogP contribution < -0.4 is 10.6 Å². The number of carbonyl (C=O) groups excluding carboxylic acids is 2. The fourth-order valence-electron chi connectivity index (χ4n) is 1.94. The number of nitrogens with one attached hydrogen (secondary N) is 2. The summed E-state index contributed by atoms with van der Waals surface area (Å²) < 4.78 is 1.46. The number of carbonyl (C=O) groups is 2. The van der Waals surface area contributed by atoms with Crippen LogP contribution in [-0.2, 0) is 16.1 Å². The van der Waals surface area contributed by atoms with Crippen LogP contribution in [0.5, 0.6) is 0 Å². The van der Waals surface area contributed by atoms with Crippen molar-refractivity contribution in [3.63, 3.8) is 0 Å². The highest BCUT2D eigenvalue weighted by molar-refractivity contribution is 8.03. The van der Waals surface area contributed by atoms with E-state index in [0.29, 0.717) is 24.6 Å². The Labute approximate surface area is 165 Å². The van der Waals surface area contributed by atoms with Crippen LogP contribution in [0.25, 0.3) is 0 Å². The summed E-state index contributed by atoms with van der Waals surface area (Å²) in [6, 6.07) is 7.98. The minimum Gasteiger partial charge on any atom is -0.355 e. The molecule has 6 nitrogen and oxygen atoms in total. The first-order chi connectivity index (χ1) is 12.6. The SMILES string of the molecule is CCCNC(=O)CSc1nnc(SCC(=O)NCc2ccccc2C)s1. The van der Waals surface area contributed by atoms with Gasteiger partial charge in [-0.3, -0.25) is 9.59 Å². The number of amides is 2. The Morgan fingerprint density at radius 1 is 1.04 bits per heavy atom. The van der Waals surface area contributed by atoms with Crippen molar-refractivity contribution in [3.8, 4) is 0 Å². The highest BCUT2D eigenvalue weighted by atomic mass is 32.2. The molecule has 2 amide bonds. The predicted molar refractivity (Wildman–Crippen MR) is 108 cm³/mol. The van der Waals surface area contributed by atoms with Gasteiger partial charge in [-0.25, -0.2) is 0 Å². The molecule has 2 rings (SSSR count). The number of thioether (sulfide) groups is 2. The van der Waals surface area contributed by atoms with E-state index >= 15 is 0 Å². The fraction of sp³-hybridized carbons (Fsp3) is 0.412. The van der Waals surface area contributed by atoms with E-state index in [0.717, 1.165) is 26.2 Å². The molecule has 0 atom stereocenters. The highest BCUT2D eigenvalue weighted by Crippen LogP contribution is 2.28. The van der Waals surface area contributed by atoms with Gasteiger partial charge in [-0.15, -0.1) is 10.2 Å². The molecule has 1 heterocycles. The first-order valence-corrected chi connectivity index (χ1v) is 11.0. The topological polar surface area (TPSA) is 84.0 Å². The van der Waals surface area contributed by atoms with E-state index < -0.39 is 0 Å². The molecule has 2 N–H and O–H groups in total. The number of aryl methyl sites for hydroxylation is 1. The van der Waals surface area contributed by atoms with Gasteiger partial charge < -0.3 is 10.6 Å².